The Labute approximate surface area is 113 Å². The lowest BCUT2D eigenvalue weighted by Gasteiger charge is -2.22. The van der Waals surface area contributed by atoms with E-state index >= 15 is 0 Å². The average Bonchev–Trinajstić information content (AvgIpc) is 2.78. The van der Waals surface area contributed by atoms with Crippen molar-refractivity contribution in [3.05, 3.63) is 12.4 Å². The molecule has 0 aliphatic carbocycles. The van der Waals surface area contributed by atoms with Gasteiger partial charge in [0.2, 0.25) is 10.0 Å². The van der Waals surface area contributed by atoms with Gasteiger partial charge in [-0.05, 0) is 13.2 Å². The average molecular weight is 292 g/mol. The summed E-state index contributed by atoms with van der Waals surface area (Å²) in [6.45, 7) is 2.83. The molecular formula is C10H20N4O2S2. The van der Waals surface area contributed by atoms with Crippen molar-refractivity contribution >= 4 is 21.8 Å². The van der Waals surface area contributed by atoms with Gasteiger partial charge < -0.3 is 5.73 Å². The highest BCUT2D eigenvalue weighted by Crippen LogP contribution is 2.17. The van der Waals surface area contributed by atoms with E-state index in [2.05, 4.69) is 5.10 Å². The summed E-state index contributed by atoms with van der Waals surface area (Å²) in [6, 6.07) is -0.0529. The first kappa shape index (κ1) is 15.5. The molecule has 104 valence electrons. The van der Waals surface area contributed by atoms with Crippen LogP contribution in [0.1, 0.15) is 6.92 Å². The number of thioether (sulfide) groups is 1. The molecular weight excluding hydrogens is 272 g/mol. The maximum Gasteiger partial charge on any atom is 0.246 e. The molecule has 0 amide bonds. The van der Waals surface area contributed by atoms with Crippen molar-refractivity contribution in [2.24, 2.45) is 5.73 Å². The van der Waals surface area contributed by atoms with E-state index in [1.165, 1.54) is 16.7 Å². The zero-order valence-electron chi connectivity index (χ0n) is 10.9. The number of nitrogens with two attached hydrogens (primary N) is 1. The molecule has 0 saturated heterocycles. The maximum absolute atomic E-state index is 12.3. The molecule has 1 unspecified atom stereocenters. The summed E-state index contributed by atoms with van der Waals surface area (Å²) in [4.78, 5) is 0.214. The molecule has 0 spiro atoms. The summed E-state index contributed by atoms with van der Waals surface area (Å²) in [5, 5.41) is 3.99. The quantitative estimate of drug-likeness (QED) is 0.777. The van der Waals surface area contributed by atoms with Gasteiger partial charge in [0.25, 0.3) is 0 Å². The monoisotopic (exact) mass is 292 g/mol. The lowest BCUT2D eigenvalue weighted by molar-refractivity contribution is 0.415. The SMILES string of the molecule is CSCC(C)N(C)S(=O)(=O)c1cnn(CCN)c1. The van der Waals surface area contributed by atoms with E-state index in [4.69, 9.17) is 5.73 Å². The number of aromatic nitrogens is 2. The fourth-order valence-electron chi connectivity index (χ4n) is 1.48. The van der Waals surface area contributed by atoms with E-state index in [1.54, 1.807) is 23.5 Å². The molecule has 1 aromatic rings. The van der Waals surface area contributed by atoms with Gasteiger partial charge in [0, 0.05) is 31.6 Å². The highest BCUT2D eigenvalue weighted by atomic mass is 32.2. The molecule has 0 radical (unpaired) electrons. The summed E-state index contributed by atoms with van der Waals surface area (Å²) >= 11 is 1.62. The van der Waals surface area contributed by atoms with Crippen molar-refractivity contribution in [1.29, 1.82) is 0 Å². The predicted octanol–water partition coefficient (Wildman–Crippen LogP) is 0.214. The Morgan fingerprint density at radius 1 is 1.61 bits per heavy atom. The van der Waals surface area contributed by atoms with E-state index in [1.807, 2.05) is 13.2 Å². The van der Waals surface area contributed by atoms with Crippen LogP contribution in [0, 0.1) is 0 Å². The van der Waals surface area contributed by atoms with Crippen LogP contribution in [-0.2, 0) is 16.6 Å². The van der Waals surface area contributed by atoms with Crippen LogP contribution >= 0.6 is 11.8 Å². The van der Waals surface area contributed by atoms with Crippen molar-refractivity contribution in [2.75, 3.05) is 25.6 Å². The maximum atomic E-state index is 12.3. The van der Waals surface area contributed by atoms with Crippen LogP contribution in [0.3, 0.4) is 0 Å². The highest BCUT2D eigenvalue weighted by Gasteiger charge is 2.26. The van der Waals surface area contributed by atoms with E-state index in [0.717, 1.165) is 5.75 Å². The van der Waals surface area contributed by atoms with Gasteiger partial charge in [-0.1, -0.05) is 0 Å². The first-order valence-electron chi connectivity index (χ1n) is 5.63. The lowest BCUT2D eigenvalue weighted by Crippen LogP contribution is -2.36. The normalized spacial score (nSPS) is 14.1. The third-order valence-electron chi connectivity index (χ3n) is 2.67. The molecule has 6 nitrogen and oxygen atoms in total. The van der Waals surface area contributed by atoms with Crippen LogP contribution in [0.5, 0.6) is 0 Å². The van der Waals surface area contributed by atoms with Gasteiger partial charge in [-0.15, -0.1) is 0 Å². The predicted molar refractivity (Wildman–Crippen MR) is 74.1 cm³/mol. The highest BCUT2D eigenvalue weighted by molar-refractivity contribution is 7.98. The summed E-state index contributed by atoms with van der Waals surface area (Å²) in [5.41, 5.74) is 5.40. The van der Waals surface area contributed by atoms with E-state index in [-0.39, 0.29) is 10.9 Å². The summed E-state index contributed by atoms with van der Waals surface area (Å²) in [5.74, 6) is 0.757. The minimum Gasteiger partial charge on any atom is -0.329 e. The van der Waals surface area contributed by atoms with Crippen molar-refractivity contribution in [3.8, 4) is 0 Å². The molecule has 0 fully saturated rings. The Kier molecular flexibility index (Phi) is 5.64. The summed E-state index contributed by atoms with van der Waals surface area (Å²) < 4.78 is 27.5. The number of rotatable bonds is 7. The third kappa shape index (κ3) is 3.47. The van der Waals surface area contributed by atoms with Crippen molar-refractivity contribution in [1.82, 2.24) is 14.1 Å². The van der Waals surface area contributed by atoms with Crippen LogP contribution in [0.4, 0.5) is 0 Å². The van der Waals surface area contributed by atoms with Crippen LogP contribution < -0.4 is 5.73 Å². The Morgan fingerprint density at radius 2 is 2.28 bits per heavy atom. The van der Waals surface area contributed by atoms with Gasteiger partial charge in [0.1, 0.15) is 4.90 Å². The molecule has 1 rings (SSSR count). The Morgan fingerprint density at radius 3 is 2.83 bits per heavy atom. The molecule has 18 heavy (non-hydrogen) atoms. The van der Waals surface area contributed by atoms with Crippen LogP contribution in [0.2, 0.25) is 0 Å². The number of hydrogen-bond acceptors (Lipinski definition) is 5. The second kappa shape index (κ2) is 6.55. The zero-order valence-corrected chi connectivity index (χ0v) is 12.5. The Bertz CT molecular complexity index is 472. The van der Waals surface area contributed by atoms with Crippen molar-refractivity contribution in [2.45, 2.75) is 24.4 Å². The van der Waals surface area contributed by atoms with Gasteiger partial charge in [0.15, 0.2) is 0 Å². The van der Waals surface area contributed by atoms with E-state index in [9.17, 15) is 8.42 Å². The summed E-state index contributed by atoms with van der Waals surface area (Å²) in [6.07, 6.45) is 4.84. The minimum atomic E-state index is -3.46. The molecule has 0 saturated carbocycles. The van der Waals surface area contributed by atoms with Crippen LogP contribution in [0.25, 0.3) is 0 Å². The molecule has 0 bridgehead atoms. The Hall–Kier alpha value is -0.570. The fourth-order valence-corrected chi connectivity index (χ4v) is 3.60. The fraction of sp³-hybridized carbons (Fsp3) is 0.700. The first-order chi connectivity index (χ1) is 8.43. The molecule has 8 heteroatoms. The standard InChI is InChI=1S/C10H20N4O2S2/c1-9(8-17-3)13(2)18(15,16)10-6-12-14(7-10)5-4-11/h6-7,9H,4-5,8,11H2,1-3H3. The number of sulfonamides is 1. The van der Waals surface area contributed by atoms with Crippen LogP contribution in [0.15, 0.2) is 17.3 Å². The topological polar surface area (TPSA) is 81.2 Å². The molecule has 2 N–H and O–H groups in total. The van der Waals surface area contributed by atoms with Gasteiger partial charge in [-0.25, -0.2) is 8.42 Å². The zero-order chi connectivity index (χ0) is 13.8. The lowest BCUT2D eigenvalue weighted by atomic mass is 10.4. The van der Waals surface area contributed by atoms with E-state index < -0.39 is 10.0 Å². The molecule has 1 aromatic heterocycles. The second-order valence-corrected chi connectivity index (χ2v) is 6.96. The van der Waals surface area contributed by atoms with Gasteiger partial charge >= 0.3 is 0 Å². The first-order valence-corrected chi connectivity index (χ1v) is 8.46. The molecule has 0 aliphatic heterocycles. The number of hydrogen-bond donors (Lipinski definition) is 1. The smallest absolute Gasteiger partial charge is 0.246 e. The van der Waals surface area contributed by atoms with E-state index in [0.29, 0.717) is 13.1 Å². The van der Waals surface area contributed by atoms with Gasteiger partial charge in [0.05, 0.1) is 12.7 Å². The minimum absolute atomic E-state index is 0.0529. The van der Waals surface area contributed by atoms with Crippen LogP contribution in [-0.4, -0.2) is 54.1 Å². The number of nitrogens with zero attached hydrogens (tertiary/aromatic N) is 3. The van der Waals surface area contributed by atoms with Gasteiger partial charge in [-0.2, -0.15) is 21.2 Å². The van der Waals surface area contributed by atoms with Gasteiger partial charge in [-0.3, -0.25) is 4.68 Å². The third-order valence-corrected chi connectivity index (χ3v) is 5.41. The second-order valence-electron chi connectivity index (χ2n) is 4.05. The molecule has 0 aromatic carbocycles. The Balaban J connectivity index is 2.90. The summed E-state index contributed by atoms with van der Waals surface area (Å²) in [7, 11) is -1.87. The van der Waals surface area contributed by atoms with Crippen molar-refractivity contribution < 1.29 is 8.42 Å². The largest absolute Gasteiger partial charge is 0.329 e. The molecule has 0 aliphatic rings. The molecule has 1 heterocycles. The van der Waals surface area contributed by atoms with Crippen molar-refractivity contribution in [3.63, 3.8) is 0 Å². The molecule has 1 atom stereocenters.